The first-order chi connectivity index (χ1) is 6.53. The van der Waals surface area contributed by atoms with Gasteiger partial charge in [-0.1, -0.05) is 13.8 Å². The van der Waals surface area contributed by atoms with Gasteiger partial charge in [0, 0.05) is 19.6 Å². The molecule has 0 unspecified atom stereocenters. The standard InChI is InChI=1S/C10H19N3O/c1-10(2)6-12(7-10)9(14)8-4-5-13(8)11-3/h8,11H,4-7H2,1-3H3/t8-/m0/s1. The number of hydrogen-bond donors (Lipinski definition) is 1. The maximum Gasteiger partial charge on any atom is 0.241 e. The molecule has 0 saturated carbocycles. The van der Waals surface area contributed by atoms with Crippen molar-refractivity contribution in [3.05, 3.63) is 0 Å². The monoisotopic (exact) mass is 197 g/mol. The van der Waals surface area contributed by atoms with Gasteiger partial charge in [-0.05, 0) is 18.9 Å². The SMILES string of the molecule is CNN1CC[C@H]1C(=O)N1CC(C)(C)C1. The third-order valence-corrected chi connectivity index (χ3v) is 3.14. The molecule has 2 aliphatic rings. The molecule has 1 atom stereocenters. The van der Waals surface area contributed by atoms with Crippen LogP contribution in [0.2, 0.25) is 0 Å². The van der Waals surface area contributed by atoms with Gasteiger partial charge in [0.15, 0.2) is 0 Å². The van der Waals surface area contributed by atoms with Crippen LogP contribution in [0.25, 0.3) is 0 Å². The number of hydrogen-bond acceptors (Lipinski definition) is 3. The molecular formula is C10H19N3O. The van der Waals surface area contributed by atoms with E-state index in [2.05, 4.69) is 19.3 Å². The predicted molar refractivity (Wildman–Crippen MR) is 54.5 cm³/mol. The summed E-state index contributed by atoms with van der Waals surface area (Å²) in [5.41, 5.74) is 3.38. The van der Waals surface area contributed by atoms with Crippen LogP contribution in [-0.2, 0) is 4.79 Å². The van der Waals surface area contributed by atoms with Gasteiger partial charge in [-0.3, -0.25) is 10.2 Å². The number of hydrazine groups is 1. The van der Waals surface area contributed by atoms with E-state index in [-0.39, 0.29) is 6.04 Å². The van der Waals surface area contributed by atoms with Gasteiger partial charge in [-0.2, -0.15) is 0 Å². The molecule has 2 aliphatic heterocycles. The highest BCUT2D eigenvalue weighted by atomic mass is 16.2. The van der Waals surface area contributed by atoms with Crippen molar-refractivity contribution in [1.29, 1.82) is 0 Å². The van der Waals surface area contributed by atoms with Crippen LogP contribution in [0, 0.1) is 5.41 Å². The van der Waals surface area contributed by atoms with Crippen molar-refractivity contribution < 1.29 is 4.79 Å². The smallest absolute Gasteiger partial charge is 0.241 e. The zero-order valence-electron chi connectivity index (χ0n) is 9.21. The van der Waals surface area contributed by atoms with E-state index in [0.717, 1.165) is 26.1 Å². The molecule has 0 aromatic rings. The fourth-order valence-electron chi connectivity index (χ4n) is 2.27. The molecular weight excluding hydrogens is 178 g/mol. The quantitative estimate of drug-likeness (QED) is 0.680. The predicted octanol–water partition coefficient (Wildman–Crippen LogP) is 0.0635. The summed E-state index contributed by atoms with van der Waals surface area (Å²) >= 11 is 0. The molecule has 1 N–H and O–H groups in total. The Morgan fingerprint density at radius 1 is 1.43 bits per heavy atom. The Morgan fingerprint density at radius 2 is 2.07 bits per heavy atom. The van der Waals surface area contributed by atoms with Crippen LogP contribution in [0.1, 0.15) is 20.3 Å². The van der Waals surface area contributed by atoms with E-state index in [1.807, 2.05) is 17.0 Å². The molecule has 1 amide bonds. The minimum Gasteiger partial charge on any atom is -0.340 e. The molecule has 2 heterocycles. The van der Waals surface area contributed by atoms with E-state index in [1.54, 1.807) is 0 Å². The first-order valence-corrected chi connectivity index (χ1v) is 5.26. The van der Waals surface area contributed by atoms with Crippen molar-refractivity contribution in [2.45, 2.75) is 26.3 Å². The molecule has 0 spiro atoms. The largest absolute Gasteiger partial charge is 0.340 e. The lowest BCUT2D eigenvalue weighted by Crippen LogP contribution is -2.66. The maximum absolute atomic E-state index is 11.9. The van der Waals surface area contributed by atoms with Crippen molar-refractivity contribution in [2.75, 3.05) is 26.7 Å². The summed E-state index contributed by atoms with van der Waals surface area (Å²) < 4.78 is 0. The second-order valence-electron chi connectivity index (χ2n) is 5.08. The average molecular weight is 197 g/mol. The molecule has 4 heteroatoms. The maximum atomic E-state index is 11.9. The van der Waals surface area contributed by atoms with Crippen LogP contribution in [0.5, 0.6) is 0 Å². The number of nitrogens with one attached hydrogen (secondary N) is 1. The number of rotatable bonds is 2. The Labute approximate surface area is 85.2 Å². The summed E-state index contributed by atoms with van der Waals surface area (Å²) in [7, 11) is 1.87. The van der Waals surface area contributed by atoms with E-state index in [0.29, 0.717) is 11.3 Å². The summed E-state index contributed by atoms with van der Waals surface area (Å²) in [6, 6.07) is 0.0936. The zero-order valence-corrected chi connectivity index (χ0v) is 9.21. The highest BCUT2D eigenvalue weighted by Crippen LogP contribution is 2.31. The molecule has 4 nitrogen and oxygen atoms in total. The summed E-state index contributed by atoms with van der Waals surface area (Å²) in [6.07, 6.45) is 0.997. The summed E-state index contributed by atoms with van der Waals surface area (Å²) in [5.74, 6) is 0.296. The number of carbonyl (C=O) groups is 1. The molecule has 80 valence electrons. The Hall–Kier alpha value is -0.610. The minimum atomic E-state index is 0.0936. The Kier molecular flexibility index (Phi) is 2.27. The first kappa shape index (κ1) is 9.93. The van der Waals surface area contributed by atoms with Gasteiger partial charge in [0.1, 0.15) is 6.04 Å². The van der Waals surface area contributed by atoms with Gasteiger partial charge >= 0.3 is 0 Å². The first-order valence-electron chi connectivity index (χ1n) is 5.26. The summed E-state index contributed by atoms with van der Waals surface area (Å²) in [4.78, 5) is 13.9. The van der Waals surface area contributed by atoms with Crippen LogP contribution in [0.3, 0.4) is 0 Å². The molecule has 0 aromatic heterocycles. The highest BCUT2D eigenvalue weighted by Gasteiger charge is 2.43. The topological polar surface area (TPSA) is 35.6 Å². The van der Waals surface area contributed by atoms with Gasteiger partial charge in [-0.15, -0.1) is 0 Å². The van der Waals surface area contributed by atoms with Crippen molar-refractivity contribution in [3.63, 3.8) is 0 Å². The summed E-state index contributed by atoms with van der Waals surface area (Å²) in [6.45, 7) is 7.23. The van der Waals surface area contributed by atoms with Crippen molar-refractivity contribution in [1.82, 2.24) is 15.3 Å². The van der Waals surface area contributed by atoms with Gasteiger partial charge in [0.05, 0.1) is 0 Å². The van der Waals surface area contributed by atoms with E-state index >= 15 is 0 Å². The van der Waals surface area contributed by atoms with E-state index in [4.69, 9.17) is 0 Å². The second kappa shape index (κ2) is 3.21. The van der Waals surface area contributed by atoms with Crippen LogP contribution in [0.4, 0.5) is 0 Å². The summed E-state index contributed by atoms with van der Waals surface area (Å²) in [5, 5.41) is 2.01. The van der Waals surface area contributed by atoms with Crippen molar-refractivity contribution in [2.24, 2.45) is 5.41 Å². The van der Waals surface area contributed by atoms with Gasteiger partial charge in [0.25, 0.3) is 0 Å². The zero-order chi connectivity index (χ0) is 10.3. The lowest BCUT2D eigenvalue weighted by Gasteiger charge is -2.50. The van der Waals surface area contributed by atoms with Gasteiger partial charge < -0.3 is 4.90 Å². The number of carbonyl (C=O) groups excluding carboxylic acids is 1. The van der Waals surface area contributed by atoms with Crippen LogP contribution >= 0.6 is 0 Å². The molecule has 2 rings (SSSR count). The Balaban J connectivity index is 1.85. The second-order valence-corrected chi connectivity index (χ2v) is 5.08. The Bertz CT molecular complexity index is 242. The fraction of sp³-hybridized carbons (Fsp3) is 0.900. The van der Waals surface area contributed by atoms with Crippen molar-refractivity contribution in [3.8, 4) is 0 Å². The molecule has 0 aromatic carbocycles. The number of amides is 1. The molecule has 2 saturated heterocycles. The van der Waals surface area contributed by atoms with Crippen LogP contribution in [0.15, 0.2) is 0 Å². The van der Waals surface area contributed by atoms with E-state index in [9.17, 15) is 4.79 Å². The highest BCUT2D eigenvalue weighted by molar-refractivity contribution is 5.83. The van der Waals surface area contributed by atoms with Crippen LogP contribution < -0.4 is 5.43 Å². The Morgan fingerprint density at radius 3 is 2.43 bits per heavy atom. The fourth-order valence-corrected chi connectivity index (χ4v) is 2.27. The normalized spacial score (nSPS) is 30.8. The molecule has 0 bridgehead atoms. The van der Waals surface area contributed by atoms with E-state index in [1.165, 1.54) is 0 Å². The third-order valence-electron chi connectivity index (χ3n) is 3.14. The lowest BCUT2D eigenvalue weighted by molar-refractivity contribution is -0.154. The molecule has 0 aliphatic carbocycles. The van der Waals surface area contributed by atoms with Crippen LogP contribution in [-0.4, -0.2) is 48.5 Å². The van der Waals surface area contributed by atoms with Gasteiger partial charge in [0.2, 0.25) is 5.91 Å². The third kappa shape index (κ3) is 1.53. The van der Waals surface area contributed by atoms with Crippen molar-refractivity contribution >= 4 is 5.91 Å². The van der Waals surface area contributed by atoms with E-state index < -0.39 is 0 Å². The average Bonchev–Trinajstić information content (AvgIpc) is 1.98. The molecule has 14 heavy (non-hydrogen) atoms. The lowest BCUT2D eigenvalue weighted by atomic mass is 9.83. The van der Waals surface area contributed by atoms with Gasteiger partial charge in [-0.25, -0.2) is 5.01 Å². The molecule has 0 radical (unpaired) electrons. The number of likely N-dealkylation sites (tertiary alicyclic amines) is 1. The molecule has 2 fully saturated rings. The minimum absolute atomic E-state index is 0.0936. The number of nitrogens with zero attached hydrogens (tertiary/aromatic N) is 2.